The summed E-state index contributed by atoms with van der Waals surface area (Å²) in [5.41, 5.74) is 0.832. The number of nitrogens with one attached hydrogen (secondary N) is 2. The van der Waals surface area contributed by atoms with Crippen LogP contribution in [0.1, 0.15) is 13.8 Å². The molecule has 0 saturated carbocycles. The molecule has 1 heterocycles. The molecule has 1 aromatic rings. The van der Waals surface area contributed by atoms with Gasteiger partial charge in [0.25, 0.3) is 0 Å². The quantitative estimate of drug-likeness (QED) is 0.718. The van der Waals surface area contributed by atoms with Crippen LogP contribution in [0.25, 0.3) is 0 Å². The van der Waals surface area contributed by atoms with Crippen LogP contribution in [0.5, 0.6) is 0 Å². The standard InChI is InChI=1S/C18H28N4O2S/c1-4-19-17(23)13-21-8-10-22(11-9-21)14(2)18(24)20-15-6-5-7-16(12-15)25-3/h5-7,12,14H,4,8-11,13H2,1-3H3,(H,19,23)(H,20,24). The lowest BCUT2D eigenvalue weighted by atomic mass is 10.2. The van der Waals surface area contributed by atoms with Gasteiger partial charge in [-0.25, -0.2) is 0 Å². The maximum Gasteiger partial charge on any atom is 0.241 e. The molecule has 7 heteroatoms. The molecule has 0 bridgehead atoms. The Morgan fingerprint density at radius 2 is 1.96 bits per heavy atom. The number of hydrogen-bond donors (Lipinski definition) is 2. The molecule has 1 atom stereocenters. The number of rotatable bonds is 7. The van der Waals surface area contributed by atoms with Crippen molar-refractivity contribution < 1.29 is 9.59 Å². The van der Waals surface area contributed by atoms with E-state index >= 15 is 0 Å². The summed E-state index contributed by atoms with van der Waals surface area (Å²) in [6.07, 6.45) is 2.02. The van der Waals surface area contributed by atoms with Crippen molar-refractivity contribution in [2.45, 2.75) is 24.8 Å². The molecule has 1 saturated heterocycles. The lowest BCUT2D eigenvalue weighted by Crippen LogP contribution is -2.54. The highest BCUT2D eigenvalue weighted by Gasteiger charge is 2.26. The number of benzene rings is 1. The molecule has 1 aromatic carbocycles. The van der Waals surface area contributed by atoms with Crippen molar-refractivity contribution >= 4 is 29.3 Å². The lowest BCUT2D eigenvalue weighted by Gasteiger charge is -2.37. The zero-order valence-corrected chi connectivity index (χ0v) is 16.1. The van der Waals surface area contributed by atoms with Gasteiger partial charge < -0.3 is 10.6 Å². The van der Waals surface area contributed by atoms with Crippen LogP contribution in [0.3, 0.4) is 0 Å². The highest BCUT2D eigenvalue weighted by molar-refractivity contribution is 7.98. The largest absolute Gasteiger partial charge is 0.355 e. The first-order chi connectivity index (χ1) is 12.0. The summed E-state index contributed by atoms with van der Waals surface area (Å²) in [7, 11) is 0. The Balaban J connectivity index is 1.81. The second-order valence-corrected chi connectivity index (χ2v) is 7.04. The minimum atomic E-state index is -0.190. The Bertz CT molecular complexity index is 588. The topological polar surface area (TPSA) is 64.7 Å². The van der Waals surface area contributed by atoms with Crippen molar-refractivity contribution in [3.63, 3.8) is 0 Å². The summed E-state index contributed by atoms with van der Waals surface area (Å²) in [6.45, 7) is 8.14. The van der Waals surface area contributed by atoms with E-state index in [2.05, 4.69) is 20.4 Å². The van der Waals surface area contributed by atoms with Crippen LogP contribution in [0, 0.1) is 0 Å². The molecule has 1 aliphatic heterocycles. The summed E-state index contributed by atoms with van der Waals surface area (Å²) in [6, 6.07) is 7.68. The summed E-state index contributed by atoms with van der Waals surface area (Å²) in [4.78, 5) is 29.6. The lowest BCUT2D eigenvalue weighted by molar-refractivity contribution is -0.124. The molecule has 25 heavy (non-hydrogen) atoms. The molecule has 0 radical (unpaired) electrons. The van der Waals surface area contributed by atoms with Gasteiger partial charge in [0.05, 0.1) is 12.6 Å². The second kappa shape index (κ2) is 9.79. The molecular formula is C18H28N4O2S. The summed E-state index contributed by atoms with van der Waals surface area (Å²) in [5, 5.41) is 5.82. The average Bonchev–Trinajstić information content (AvgIpc) is 2.62. The number of nitrogens with zero attached hydrogens (tertiary/aromatic N) is 2. The van der Waals surface area contributed by atoms with E-state index in [9.17, 15) is 9.59 Å². The number of thioether (sulfide) groups is 1. The van der Waals surface area contributed by atoms with Crippen molar-refractivity contribution in [2.24, 2.45) is 0 Å². The number of carbonyl (C=O) groups excluding carboxylic acids is 2. The molecule has 2 N–H and O–H groups in total. The molecule has 6 nitrogen and oxygen atoms in total. The molecule has 1 aliphatic rings. The van der Waals surface area contributed by atoms with Crippen molar-refractivity contribution in [3.05, 3.63) is 24.3 Å². The van der Waals surface area contributed by atoms with Crippen LogP contribution >= 0.6 is 11.8 Å². The van der Waals surface area contributed by atoms with Gasteiger partial charge in [-0.3, -0.25) is 19.4 Å². The molecule has 2 amide bonds. The molecule has 0 spiro atoms. The minimum absolute atomic E-state index is 0.00966. The number of anilines is 1. The Morgan fingerprint density at radius 1 is 1.24 bits per heavy atom. The van der Waals surface area contributed by atoms with E-state index in [4.69, 9.17) is 0 Å². The third-order valence-electron chi connectivity index (χ3n) is 4.41. The first kappa shape index (κ1) is 19.8. The third kappa shape index (κ3) is 6.02. The van der Waals surface area contributed by atoms with Crippen LogP contribution in [-0.2, 0) is 9.59 Å². The molecule has 138 valence electrons. The highest BCUT2D eigenvalue weighted by atomic mass is 32.2. The summed E-state index contributed by atoms with van der Waals surface area (Å²) >= 11 is 1.66. The molecule has 1 fully saturated rings. The Kier molecular flexibility index (Phi) is 7.74. The molecule has 2 rings (SSSR count). The van der Waals surface area contributed by atoms with Gasteiger partial charge in [-0.05, 0) is 38.3 Å². The van der Waals surface area contributed by atoms with E-state index in [-0.39, 0.29) is 17.9 Å². The Hall–Kier alpha value is -1.57. The number of carbonyl (C=O) groups is 2. The Labute approximate surface area is 154 Å². The summed E-state index contributed by atoms with van der Waals surface area (Å²) < 4.78 is 0. The van der Waals surface area contributed by atoms with Gasteiger partial charge in [-0.2, -0.15) is 0 Å². The predicted octanol–water partition coefficient (Wildman–Crippen LogP) is 1.49. The second-order valence-electron chi connectivity index (χ2n) is 6.16. The Morgan fingerprint density at radius 3 is 2.60 bits per heavy atom. The normalized spacial score (nSPS) is 17.1. The van der Waals surface area contributed by atoms with Crippen LogP contribution in [0.2, 0.25) is 0 Å². The number of hydrogen-bond acceptors (Lipinski definition) is 5. The maximum atomic E-state index is 12.5. The van der Waals surface area contributed by atoms with Crippen LogP contribution in [-0.4, -0.2) is 73.2 Å². The van der Waals surface area contributed by atoms with Gasteiger partial charge in [0.15, 0.2) is 0 Å². The fraction of sp³-hybridized carbons (Fsp3) is 0.556. The highest BCUT2D eigenvalue weighted by Crippen LogP contribution is 2.19. The van der Waals surface area contributed by atoms with Gasteiger partial charge >= 0.3 is 0 Å². The fourth-order valence-corrected chi connectivity index (χ4v) is 3.34. The van der Waals surface area contributed by atoms with E-state index in [0.29, 0.717) is 13.1 Å². The van der Waals surface area contributed by atoms with Gasteiger partial charge in [0.1, 0.15) is 0 Å². The van der Waals surface area contributed by atoms with Crippen LogP contribution in [0.15, 0.2) is 29.2 Å². The van der Waals surface area contributed by atoms with Crippen molar-refractivity contribution in [3.8, 4) is 0 Å². The van der Waals surface area contributed by atoms with Crippen molar-refractivity contribution in [2.75, 3.05) is 50.8 Å². The SMILES string of the molecule is CCNC(=O)CN1CCN(C(C)C(=O)Nc2cccc(SC)c2)CC1. The van der Waals surface area contributed by atoms with E-state index in [1.54, 1.807) is 11.8 Å². The van der Waals surface area contributed by atoms with Gasteiger partial charge in [-0.15, -0.1) is 11.8 Å². The first-order valence-corrected chi connectivity index (χ1v) is 9.94. The molecule has 0 aliphatic carbocycles. The predicted molar refractivity (Wildman–Crippen MR) is 103 cm³/mol. The van der Waals surface area contributed by atoms with Crippen molar-refractivity contribution in [1.29, 1.82) is 0 Å². The van der Waals surface area contributed by atoms with Crippen LogP contribution in [0.4, 0.5) is 5.69 Å². The van der Waals surface area contributed by atoms with E-state index in [0.717, 1.165) is 36.8 Å². The maximum absolute atomic E-state index is 12.5. The van der Waals surface area contributed by atoms with Gasteiger partial charge in [0, 0.05) is 43.3 Å². The molecular weight excluding hydrogens is 336 g/mol. The summed E-state index contributed by atoms with van der Waals surface area (Å²) in [5.74, 6) is 0.0749. The van der Waals surface area contributed by atoms with E-state index < -0.39 is 0 Å². The van der Waals surface area contributed by atoms with Gasteiger partial charge in [-0.1, -0.05) is 6.07 Å². The molecule has 0 aromatic heterocycles. The number of likely N-dealkylation sites (N-methyl/N-ethyl adjacent to an activating group) is 1. The fourth-order valence-electron chi connectivity index (χ4n) is 2.88. The monoisotopic (exact) mass is 364 g/mol. The first-order valence-electron chi connectivity index (χ1n) is 8.71. The number of piperazine rings is 1. The minimum Gasteiger partial charge on any atom is -0.355 e. The zero-order chi connectivity index (χ0) is 18.2. The molecule has 1 unspecified atom stereocenters. The average molecular weight is 365 g/mol. The van der Waals surface area contributed by atoms with Gasteiger partial charge in [0.2, 0.25) is 11.8 Å². The van der Waals surface area contributed by atoms with Crippen molar-refractivity contribution in [1.82, 2.24) is 15.1 Å². The smallest absolute Gasteiger partial charge is 0.241 e. The zero-order valence-electron chi connectivity index (χ0n) is 15.2. The van der Waals surface area contributed by atoms with E-state index in [1.165, 1.54) is 0 Å². The van der Waals surface area contributed by atoms with Crippen LogP contribution < -0.4 is 10.6 Å². The number of amides is 2. The third-order valence-corrected chi connectivity index (χ3v) is 5.14. The van der Waals surface area contributed by atoms with E-state index in [1.807, 2.05) is 44.4 Å².